The number of carbonyl (C=O) groups excluding carboxylic acids is 3. The van der Waals surface area contributed by atoms with Gasteiger partial charge in [0.05, 0.1) is 24.3 Å². The van der Waals surface area contributed by atoms with Gasteiger partial charge in [-0.2, -0.15) is 0 Å². The van der Waals surface area contributed by atoms with Crippen LogP contribution >= 0.6 is 11.3 Å². The molecule has 3 aromatic rings. The molecule has 0 unspecified atom stereocenters. The van der Waals surface area contributed by atoms with E-state index in [1.165, 1.54) is 25.3 Å². The maximum absolute atomic E-state index is 13.7. The third-order valence-corrected chi connectivity index (χ3v) is 4.95. The zero-order valence-electron chi connectivity index (χ0n) is 17.6. The fourth-order valence-corrected chi connectivity index (χ4v) is 3.38. The van der Waals surface area contributed by atoms with E-state index in [9.17, 15) is 18.8 Å². The molecular weight excluding hydrogens is 451 g/mol. The van der Waals surface area contributed by atoms with Crippen molar-refractivity contribution in [3.8, 4) is 0 Å². The number of amides is 3. The van der Waals surface area contributed by atoms with Crippen LogP contribution < -0.4 is 16.0 Å². The molecule has 172 valence electrons. The maximum atomic E-state index is 13.7. The zero-order chi connectivity index (χ0) is 23.6. The molecule has 1 aromatic heterocycles. The first-order chi connectivity index (χ1) is 15.9. The van der Waals surface area contributed by atoms with Crippen LogP contribution in [0.5, 0.6) is 0 Å². The van der Waals surface area contributed by atoms with Crippen molar-refractivity contribution in [3.63, 3.8) is 0 Å². The van der Waals surface area contributed by atoms with E-state index in [1.807, 2.05) is 0 Å². The second-order valence-corrected chi connectivity index (χ2v) is 7.50. The molecule has 33 heavy (non-hydrogen) atoms. The number of thiazole rings is 1. The van der Waals surface area contributed by atoms with Gasteiger partial charge in [0.15, 0.2) is 5.13 Å². The summed E-state index contributed by atoms with van der Waals surface area (Å²) in [5.74, 6) is -1.60. The van der Waals surface area contributed by atoms with E-state index in [-0.39, 0.29) is 36.2 Å². The summed E-state index contributed by atoms with van der Waals surface area (Å²) in [5, 5.41) is 9.68. The second-order valence-electron chi connectivity index (χ2n) is 6.64. The lowest BCUT2D eigenvalue weighted by molar-refractivity contribution is -0.115. The van der Waals surface area contributed by atoms with Crippen molar-refractivity contribution in [2.45, 2.75) is 6.42 Å². The molecule has 0 atom stereocenters. The summed E-state index contributed by atoms with van der Waals surface area (Å²) in [6, 6.07) is 12.2. The Morgan fingerprint density at radius 1 is 1.00 bits per heavy atom. The van der Waals surface area contributed by atoms with Gasteiger partial charge in [-0.05, 0) is 30.3 Å². The van der Waals surface area contributed by atoms with E-state index in [0.29, 0.717) is 17.1 Å². The summed E-state index contributed by atoms with van der Waals surface area (Å²) < 4.78 is 23.5. The van der Waals surface area contributed by atoms with Gasteiger partial charge in [-0.25, -0.2) is 14.2 Å². The minimum Gasteiger partial charge on any atom is -0.447 e. The number of carbonyl (C=O) groups is 3. The number of methoxy groups -OCH3 is 1. The van der Waals surface area contributed by atoms with Crippen LogP contribution in [0.2, 0.25) is 0 Å². The van der Waals surface area contributed by atoms with Crippen LogP contribution in [0.15, 0.2) is 53.9 Å². The number of nitrogens with zero attached hydrogens (tertiary/aromatic N) is 1. The number of aromatic nitrogens is 1. The number of rotatable bonds is 9. The Bertz CT molecular complexity index is 1140. The first-order valence-electron chi connectivity index (χ1n) is 9.77. The Morgan fingerprint density at radius 2 is 1.76 bits per heavy atom. The van der Waals surface area contributed by atoms with Crippen molar-refractivity contribution >= 4 is 45.8 Å². The first-order valence-corrected chi connectivity index (χ1v) is 10.7. The third kappa shape index (κ3) is 7.37. The Hall–Kier alpha value is -3.83. The lowest BCUT2D eigenvalue weighted by Gasteiger charge is -2.09. The Morgan fingerprint density at radius 3 is 2.52 bits per heavy atom. The van der Waals surface area contributed by atoms with Crippen LogP contribution in [0.3, 0.4) is 0 Å². The van der Waals surface area contributed by atoms with E-state index in [1.54, 1.807) is 35.7 Å². The Balaban J connectivity index is 1.52. The number of nitrogens with one attached hydrogen (secondary N) is 3. The highest BCUT2D eigenvalue weighted by Crippen LogP contribution is 2.19. The monoisotopic (exact) mass is 472 g/mol. The number of hydrogen-bond acceptors (Lipinski definition) is 7. The number of benzene rings is 2. The highest BCUT2D eigenvalue weighted by Gasteiger charge is 2.14. The number of ether oxygens (including phenoxy) is 2. The predicted octanol–water partition coefficient (Wildman–Crippen LogP) is 3.91. The van der Waals surface area contributed by atoms with Gasteiger partial charge >= 0.3 is 6.09 Å². The molecule has 0 aliphatic heterocycles. The molecule has 0 spiro atoms. The standard InChI is InChI=1S/C22H21FN4O5S/c1-31-9-10-32-22(30)26-15-6-4-5-14(11-15)24-19(28)12-16-13-33-21(25-16)27-20(29)17-7-2-3-8-18(17)23/h2-8,11,13H,9-10,12H2,1H3,(H,24,28)(H,26,30)(H,25,27,29). The summed E-state index contributed by atoms with van der Waals surface area (Å²) >= 11 is 1.13. The van der Waals surface area contributed by atoms with Gasteiger partial charge in [0.2, 0.25) is 5.91 Å². The average molecular weight is 472 g/mol. The normalized spacial score (nSPS) is 10.4. The lowest BCUT2D eigenvalue weighted by atomic mass is 10.2. The molecule has 3 amide bonds. The summed E-state index contributed by atoms with van der Waals surface area (Å²) in [7, 11) is 1.50. The van der Waals surface area contributed by atoms with Crippen LogP contribution in [-0.4, -0.2) is 43.2 Å². The van der Waals surface area contributed by atoms with Gasteiger partial charge in [0.1, 0.15) is 12.4 Å². The fourth-order valence-electron chi connectivity index (χ4n) is 2.67. The average Bonchev–Trinajstić information content (AvgIpc) is 3.20. The lowest BCUT2D eigenvalue weighted by Crippen LogP contribution is -2.17. The first kappa shape index (κ1) is 23.8. The predicted molar refractivity (Wildman–Crippen MR) is 122 cm³/mol. The van der Waals surface area contributed by atoms with Crippen molar-refractivity contribution in [3.05, 3.63) is 71.0 Å². The molecule has 3 N–H and O–H groups in total. The molecule has 0 fully saturated rings. The van der Waals surface area contributed by atoms with Gasteiger partial charge < -0.3 is 14.8 Å². The van der Waals surface area contributed by atoms with E-state index < -0.39 is 17.8 Å². The molecule has 9 nitrogen and oxygen atoms in total. The molecule has 2 aromatic carbocycles. The molecule has 0 radical (unpaired) electrons. The zero-order valence-corrected chi connectivity index (χ0v) is 18.4. The topological polar surface area (TPSA) is 119 Å². The van der Waals surface area contributed by atoms with Crippen LogP contribution in [-0.2, 0) is 20.7 Å². The minimum absolute atomic E-state index is 0.0389. The smallest absolute Gasteiger partial charge is 0.411 e. The second kappa shape index (κ2) is 11.7. The van der Waals surface area contributed by atoms with E-state index in [0.717, 1.165) is 11.3 Å². The molecular formula is C22H21FN4O5S. The molecule has 1 heterocycles. The molecule has 0 aliphatic rings. The van der Waals surface area contributed by atoms with Gasteiger partial charge in [-0.1, -0.05) is 18.2 Å². The third-order valence-electron chi connectivity index (χ3n) is 4.15. The molecule has 11 heteroatoms. The van der Waals surface area contributed by atoms with Crippen LogP contribution in [0.25, 0.3) is 0 Å². The SMILES string of the molecule is COCCOC(=O)Nc1cccc(NC(=O)Cc2csc(NC(=O)c3ccccc3F)n2)c1. The Kier molecular flexibility index (Phi) is 8.44. The minimum atomic E-state index is -0.636. The summed E-state index contributed by atoms with van der Waals surface area (Å²) in [4.78, 5) is 40.5. The van der Waals surface area contributed by atoms with Crippen molar-refractivity contribution in [2.24, 2.45) is 0 Å². The molecule has 0 saturated carbocycles. The van der Waals surface area contributed by atoms with Crippen LogP contribution in [0.1, 0.15) is 16.1 Å². The number of halogens is 1. The van der Waals surface area contributed by atoms with Gasteiger partial charge in [0.25, 0.3) is 5.91 Å². The molecule has 0 bridgehead atoms. The fraction of sp³-hybridized carbons (Fsp3) is 0.182. The quantitative estimate of drug-likeness (QED) is 0.407. The Labute approximate surface area is 192 Å². The van der Waals surface area contributed by atoms with Crippen LogP contribution in [0.4, 0.5) is 25.7 Å². The highest BCUT2D eigenvalue weighted by molar-refractivity contribution is 7.14. The van der Waals surface area contributed by atoms with Gasteiger partial charge in [-0.15, -0.1) is 11.3 Å². The van der Waals surface area contributed by atoms with Crippen LogP contribution in [0, 0.1) is 5.82 Å². The molecule has 0 saturated heterocycles. The van der Waals surface area contributed by atoms with Crippen molar-refractivity contribution in [1.82, 2.24) is 4.98 Å². The summed E-state index contributed by atoms with van der Waals surface area (Å²) in [6.07, 6.45) is -0.675. The summed E-state index contributed by atoms with van der Waals surface area (Å²) in [6.45, 7) is 0.407. The van der Waals surface area contributed by atoms with Crippen molar-refractivity contribution in [1.29, 1.82) is 0 Å². The summed E-state index contributed by atoms with van der Waals surface area (Å²) in [5.41, 5.74) is 1.26. The number of anilines is 3. The maximum Gasteiger partial charge on any atom is 0.411 e. The van der Waals surface area contributed by atoms with Crippen molar-refractivity contribution < 1.29 is 28.2 Å². The number of hydrogen-bond donors (Lipinski definition) is 3. The van der Waals surface area contributed by atoms with Gasteiger partial charge in [-0.3, -0.25) is 20.2 Å². The van der Waals surface area contributed by atoms with Crippen molar-refractivity contribution in [2.75, 3.05) is 36.3 Å². The van der Waals surface area contributed by atoms with E-state index in [2.05, 4.69) is 20.9 Å². The molecule has 3 rings (SSSR count). The van der Waals surface area contributed by atoms with E-state index in [4.69, 9.17) is 9.47 Å². The molecule has 0 aliphatic carbocycles. The largest absolute Gasteiger partial charge is 0.447 e. The van der Waals surface area contributed by atoms with Gasteiger partial charge in [0, 0.05) is 23.9 Å². The highest BCUT2D eigenvalue weighted by atomic mass is 32.1. The van der Waals surface area contributed by atoms with E-state index >= 15 is 0 Å².